The van der Waals surface area contributed by atoms with Crippen LogP contribution in [0.15, 0.2) is 12.4 Å². The molecule has 17 heavy (non-hydrogen) atoms. The van der Waals surface area contributed by atoms with Crippen LogP contribution in [0.4, 0.5) is 0 Å². The number of aromatic amines is 1. The van der Waals surface area contributed by atoms with Crippen LogP contribution in [-0.4, -0.2) is 27.0 Å². The van der Waals surface area contributed by atoms with Crippen LogP contribution >= 0.6 is 15.9 Å². The summed E-state index contributed by atoms with van der Waals surface area (Å²) >= 11 is 3.54. The van der Waals surface area contributed by atoms with Crippen LogP contribution in [0.2, 0.25) is 0 Å². The Balaban J connectivity index is 2.02. The average Bonchev–Trinajstić information content (AvgIpc) is 2.86. The van der Waals surface area contributed by atoms with E-state index in [1.165, 1.54) is 12.8 Å². The van der Waals surface area contributed by atoms with E-state index >= 15 is 0 Å². The number of hydrogen-bond acceptors (Lipinski definition) is 2. The van der Waals surface area contributed by atoms with Gasteiger partial charge >= 0.3 is 0 Å². The maximum atomic E-state index is 12.0. The minimum Gasteiger partial charge on any atom is -0.346 e. The van der Waals surface area contributed by atoms with Crippen LogP contribution in [0.3, 0.4) is 0 Å². The maximum absolute atomic E-state index is 12.0. The number of H-pyrrole nitrogens is 1. The third-order valence-electron chi connectivity index (χ3n) is 3.63. The van der Waals surface area contributed by atoms with Crippen molar-refractivity contribution in [2.75, 3.05) is 5.33 Å². The molecule has 1 amide bonds. The molecule has 1 aliphatic carbocycles. The van der Waals surface area contributed by atoms with Gasteiger partial charge in [-0.25, -0.2) is 0 Å². The number of aromatic nitrogens is 2. The van der Waals surface area contributed by atoms with E-state index < -0.39 is 0 Å². The summed E-state index contributed by atoms with van der Waals surface area (Å²) in [5.74, 6) is 0.737. The molecule has 1 aromatic rings. The van der Waals surface area contributed by atoms with Crippen LogP contribution in [0, 0.1) is 5.92 Å². The van der Waals surface area contributed by atoms with Crippen LogP contribution in [-0.2, 0) is 0 Å². The molecular weight excluding hydrogens is 282 g/mol. The highest BCUT2D eigenvalue weighted by Crippen LogP contribution is 2.33. The molecule has 94 valence electrons. The SMILES string of the molecule is CC1CCC(CBr)(NC(=O)c2cn[nH]c2)CC1. The monoisotopic (exact) mass is 299 g/mol. The molecule has 1 aliphatic rings. The van der Waals surface area contributed by atoms with Crippen LogP contribution < -0.4 is 5.32 Å². The van der Waals surface area contributed by atoms with Gasteiger partial charge < -0.3 is 5.32 Å². The van der Waals surface area contributed by atoms with E-state index in [1.807, 2.05) is 0 Å². The normalized spacial score (nSPS) is 28.9. The molecule has 2 rings (SSSR count). The highest BCUT2D eigenvalue weighted by Gasteiger charge is 2.34. The van der Waals surface area contributed by atoms with Gasteiger partial charge in [-0.05, 0) is 31.6 Å². The molecule has 0 spiro atoms. The number of carbonyl (C=O) groups is 1. The number of hydrogen-bond donors (Lipinski definition) is 2. The maximum Gasteiger partial charge on any atom is 0.254 e. The lowest BCUT2D eigenvalue weighted by molar-refractivity contribution is 0.0874. The van der Waals surface area contributed by atoms with Gasteiger partial charge in [0.15, 0.2) is 0 Å². The zero-order valence-electron chi connectivity index (χ0n) is 10.0. The van der Waals surface area contributed by atoms with E-state index in [9.17, 15) is 4.79 Å². The zero-order chi connectivity index (χ0) is 12.3. The lowest BCUT2D eigenvalue weighted by atomic mass is 9.78. The summed E-state index contributed by atoms with van der Waals surface area (Å²) in [6, 6.07) is 0. The smallest absolute Gasteiger partial charge is 0.254 e. The van der Waals surface area contributed by atoms with Gasteiger partial charge in [-0.1, -0.05) is 22.9 Å². The molecule has 0 aliphatic heterocycles. The number of carbonyl (C=O) groups excluding carboxylic acids is 1. The third kappa shape index (κ3) is 2.89. The van der Waals surface area contributed by atoms with Gasteiger partial charge in [0, 0.05) is 11.5 Å². The molecular formula is C12H18BrN3O. The van der Waals surface area contributed by atoms with Crippen molar-refractivity contribution in [2.24, 2.45) is 5.92 Å². The lowest BCUT2D eigenvalue weighted by Gasteiger charge is -2.38. The Morgan fingerprint density at radius 3 is 2.88 bits per heavy atom. The van der Waals surface area contributed by atoms with Crippen molar-refractivity contribution in [3.63, 3.8) is 0 Å². The van der Waals surface area contributed by atoms with E-state index in [4.69, 9.17) is 0 Å². The predicted molar refractivity (Wildman–Crippen MR) is 70.2 cm³/mol. The first-order chi connectivity index (χ1) is 8.15. The first kappa shape index (κ1) is 12.6. The number of halogens is 1. The Morgan fingerprint density at radius 1 is 1.65 bits per heavy atom. The summed E-state index contributed by atoms with van der Waals surface area (Å²) in [6.45, 7) is 2.27. The molecule has 0 unspecified atom stereocenters. The second-order valence-corrected chi connectivity index (χ2v) is 5.60. The van der Waals surface area contributed by atoms with Gasteiger partial charge in [0.2, 0.25) is 0 Å². The summed E-state index contributed by atoms with van der Waals surface area (Å²) in [6.07, 6.45) is 7.63. The molecule has 0 atom stereocenters. The summed E-state index contributed by atoms with van der Waals surface area (Å²) < 4.78 is 0. The molecule has 4 nitrogen and oxygen atoms in total. The number of alkyl halides is 1. The Labute approximate surface area is 110 Å². The molecule has 5 heteroatoms. The third-order valence-corrected chi connectivity index (χ3v) is 4.70. The fourth-order valence-electron chi connectivity index (χ4n) is 2.29. The predicted octanol–water partition coefficient (Wildman–Crippen LogP) is 2.48. The molecule has 1 saturated carbocycles. The fourth-order valence-corrected chi connectivity index (χ4v) is 3.00. The topological polar surface area (TPSA) is 57.8 Å². The molecule has 0 saturated heterocycles. The van der Waals surface area contributed by atoms with E-state index in [2.05, 4.69) is 38.4 Å². The van der Waals surface area contributed by atoms with Gasteiger partial charge in [0.25, 0.3) is 5.91 Å². The molecule has 1 fully saturated rings. The van der Waals surface area contributed by atoms with Crippen LogP contribution in [0.25, 0.3) is 0 Å². The summed E-state index contributed by atoms with van der Waals surface area (Å²) in [4.78, 5) is 12.0. The van der Waals surface area contributed by atoms with E-state index in [-0.39, 0.29) is 11.4 Å². The highest BCUT2D eigenvalue weighted by molar-refractivity contribution is 9.09. The molecule has 0 bridgehead atoms. The van der Waals surface area contributed by atoms with Gasteiger partial charge in [0.1, 0.15) is 0 Å². The molecule has 0 radical (unpaired) electrons. The quantitative estimate of drug-likeness (QED) is 0.843. The first-order valence-corrected chi connectivity index (χ1v) is 7.15. The second-order valence-electron chi connectivity index (χ2n) is 5.04. The Bertz CT molecular complexity index is 369. The summed E-state index contributed by atoms with van der Waals surface area (Å²) in [7, 11) is 0. The Hall–Kier alpha value is -0.840. The average molecular weight is 300 g/mol. The molecule has 1 heterocycles. The molecule has 0 aromatic carbocycles. The fraction of sp³-hybridized carbons (Fsp3) is 0.667. The number of nitrogens with zero attached hydrogens (tertiary/aromatic N) is 1. The molecule has 2 N–H and O–H groups in total. The van der Waals surface area contributed by atoms with Crippen molar-refractivity contribution in [1.29, 1.82) is 0 Å². The van der Waals surface area contributed by atoms with E-state index in [1.54, 1.807) is 12.4 Å². The van der Waals surface area contributed by atoms with E-state index in [0.29, 0.717) is 5.56 Å². The van der Waals surface area contributed by atoms with Crippen molar-refractivity contribution in [3.05, 3.63) is 18.0 Å². The minimum atomic E-state index is -0.0825. The van der Waals surface area contributed by atoms with E-state index in [0.717, 1.165) is 24.1 Å². The largest absolute Gasteiger partial charge is 0.346 e. The van der Waals surface area contributed by atoms with Crippen LogP contribution in [0.5, 0.6) is 0 Å². The first-order valence-electron chi connectivity index (χ1n) is 6.02. The Morgan fingerprint density at radius 2 is 2.35 bits per heavy atom. The minimum absolute atomic E-state index is 0.0345. The van der Waals surface area contributed by atoms with Crippen molar-refractivity contribution in [2.45, 2.75) is 38.1 Å². The summed E-state index contributed by atoms with van der Waals surface area (Å²) in [5, 5.41) is 10.4. The number of amides is 1. The number of nitrogens with one attached hydrogen (secondary N) is 2. The Kier molecular flexibility index (Phi) is 3.86. The zero-order valence-corrected chi connectivity index (χ0v) is 11.6. The highest BCUT2D eigenvalue weighted by atomic mass is 79.9. The van der Waals surface area contributed by atoms with Gasteiger partial charge in [-0.15, -0.1) is 0 Å². The van der Waals surface area contributed by atoms with Crippen molar-refractivity contribution < 1.29 is 4.79 Å². The standard InChI is InChI=1S/C12H18BrN3O/c1-9-2-4-12(8-13,5-3-9)16-11(17)10-6-14-15-7-10/h6-7,9H,2-5,8H2,1H3,(H,14,15)(H,16,17). The molecule has 1 aromatic heterocycles. The number of rotatable bonds is 3. The van der Waals surface area contributed by atoms with Crippen molar-refractivity contribution in [3.8, 4) is 0 Å². The second kappa shape index (κ2) is 5.21. The van der Waals surface area contributed by atoms with Gasteiger partial charge in [0.05, 0.1) is 17.3 Å². The van der Waals surface area contributed by atoms with Crippen LogP contribution in [0.1, 0.15) is 43.0 Å². The lowest BCUT2D eigenvalue weighted by Crippen LogP contribution is -2.51. The van der Waals surface area contributed by atoms with Crippen molar-refractivity contribution in [1.82, 2.24) is 15.5 Å². The van der Waals surface area contributed by atoms with Gasteiger partial charge in [-0.2, -0.15) is 5.10 Å². The van der Waals surface area contributed by atoms with Crippen molar-refractivity contribution >= 4 is 21.8 Å². The van der Waals surface area contributed by atoms with Gasteiger partial charge in [-0.3, -0.25) is 9.89 Å². The summed E-state index contributed by atoms with van der Waals surface area (Å²) in [5.41, 5.74) is 0.518.